The zero-order valence-corrected chi connectivity index (χ0v) is 11.8. The first-order valence-corrected chi connectivity index (χ1v) is 7.76. The van der Waals surface area contributed by atoms with E-state index in [1.165, 1.54) is 18.5 Å². The highest BCUT2D eigenvalue weighted by molar-refractivity contribution is 7.93. The van der Waals surface area contributed by atoms with Gasteiger partial charge in [-0.3, -0.25) is 9.71 Å². The molecule has 0 aliphatic rings. The van der Waals surface area contributed by atoms with E-state index in [2.05, 4.69) is 9.71 Å². The summed E-state index contributed by atoms with van der Waals surface area (Å²) >= 11 is 0. The molecule has 3 N–H and O–H groups in total. The Hall–Kier alpha value is -2.60. The fraction of sp³-hybridized carbons (Fsp3) is 0. The van der Waals surface area contributed by atoms with Gasteiger partial charge in [0.25, 0.3) is 10.0 Å². The summed E-state index contributed by atoms with van der Waals surface area (Å²) in [4.78, 5) is 4.06. The molecule has 0 fully saturated rings. The van der Waals surface area contributed by atoms with E-state index in [4.69, 9.17) is 5.73 Å². The summed E-state index contributed by atoms with van der Waals surface area (Å²) in [6.45, 7) is 0. The van der Waals surface area contributed by atoms with E-state index in [0.717, 1.165) is 5.39 Å². The van der Waals surface area contributed by atoms with E-state index in [9.17, 15) is 8.42 Å². The Morgan fingerprint density at radius 2 is 1.57 bits per heavy atom. The molecule has 1 heterocycles. The fourth-order valence-corrected chi connectivity index (χ4v) is 3.43. The second kappa shape index (κ2) is 5.06. The lowest BCUT2D eigenvalue weighted by atomic mass is 10.1. The number of aromatic nitrogens is 1. The second-order valence-corrected chi connectivity index (χ2v) is 6.19. The molecule has 0 aliphatic heterocycles. The average molecular weight is 299 g/mol. The number of nitrogen functional groups attached to an aromatic ring is 1. The van der Waals surface area contributed by atoms with Crippen LogP contribution in [0.15, 0.2) is 65.8 Å². The number of hydrogen-bond acceptors (Lipinski definition) is 4. The number of anilines is 2. The first kappa shape index (κ1) is 13.4. The maximum Gasteiger partial charge on any atom is 0.262 e. The van der Waals surface area contributed by atoms with E-state index < -0.39 is 10.0 Å². The van der Waals surface area contributed by atoms with Crippen molar-refractivity contribution in [3.8, 4) is 0 Å². The zero-order valence-electron chi connectivity index (χ0n) is 11.0. The van der Waals surface area contributed by atoms with Crippen molar-refractivity contribution in [1.29, 1.82) is 0 Å². The van der Waals surface area contributed by atoms with Gasteiger partial charge in [0.05, 0.1) is 10.6 Å². The molecule has 21 heavy (non-hydrogen) atoms. The topological polar surface area (TPSA) is 85.1 Å². The lowest BCUT2D eigenvalue weighted by Crippen LogP contribution is -2.13. The van der Waals surface area contributed by atoms with Gasteiger partial charge in [0.1, 0.15) is 0 Å². The molecular weight excluding hydrogens is 286 g/mol. The third-order valence-electron chi connectivity index (χ3n) is 3.14. The van der Waals surface area contributed by atoms with E-state index in [0.29, 0.717) is 16.8 Å². The molecule has 0 aliphatic carbocycles. The van der Waals surface area contributed by atoms with Crippen LogP contribution in [0.4, 0.5) is 11.4 Å². The molecule has 3 rings (SSSR count). The molecule has 0 saturated carbocycles. The molecule has 0 atom stereocenters. The van der Waals surface area contributed by atoms with Crippen molar-refractivity contribution >= 4 is 32.2 Å². The van der Waals surface area contributed by atoms with Crippen molar-refractivity contribution in [2.75, 3.05) is 10.5 Å². The zero-order chi connectivity index (χ0) is 14.9. The number of pyridine rings is 1. The van der Waals surface area contributed by atoms with Crippen molar-refractivity contribution in [3.05, 3.63) is 60.9 Å². The van der Waals surface area contributed by atoms with Crippen molar-refractivity contribution < 1.29 is 8.42 Å². The monoisotopic (exact) mass is 299 g/mol. The normalized spacial score (nSPS) is 11.4. The molecule has 106 valence electrons. The molecule has 3 aromatic rings. The lowest BCUT2D eigenvalue weighted by Gasteiger charge is -2.11. The van der Waals surface area contributed by atoms with Crippen molar-refractivity contribution in [2.45, 2.75) is 4.90 Å². The SMILES string of the molecule is Nc1ccc(S(=O)(=O)Nc2ccncc2)c2ccccc12. The third kappa shape index (κ3) is 2.53. The van der Waals surface area contributed by atoms with Crippen LogP contribution < -0.4 is 10.5 Å². The highest BCUT2D eigenvalue weighted by Gasteiger charge is 2.18. The summed E-state index contributed by atoms with van der Waals surface area (Å²) in [5.41, 5.74) is 6.91. The van der Waals surface area contributed by atoms with Gasteiger partial charge in [-0.25, -0.2) is 8.42 Å². The summed E-state index contributed by atoms with van der Waals surface area (Å²) < 4.78 is 27.6. The minimum absolute atomic E-state index is 0.198. The minimum Gasteiger partial charge on any atom is -0.398 e. The van der Waals surface area contributed by atoms with Gasteiger partial charge in [-0.05, 0) is 24.3 Å². The van der Waals surface area contributed by atoms with Crippen molar-refractivity contribution in [1.82, 2.24) is 4.98 Å². The van der Waals surface area contributed by atoms with Gasteiger partial charge in [0, 0.05) is 28.9 Å². The molecular formula is C15H13N3O2S. The van der Waals surface area contributed by atoms with Crippen LogP contribution in [0, 0.1) is 0 Å². The number of nitrogens with one attached hydrogen (secondary N) is 1. The summed E-state index contributed by atoms with van der Waals surface area (Å²) in [5.74, 6) is 0. The van der Waals surface area contributed by atoms with Crippen LogP contribution in [0.1, 0.15) is 0 Å². The van der Waals surface area contributed by atoms with Crippen LogP contribution in [0.3, 0.4) is 0 Å². The van der Waals surface area contributed by atoms with Gasteiger partial charge >= 0.3 is 0 Å². The molecule has 6 heteroatoms. The van der Waals surface area contributed by atoms with Gasteiger partial charge in [-0.15, -0.1) is 0 Å². The molecule has 0 spiro atoms. The Morgan fingerprint density at radius 3 is 2.29 bits per heavy atom. The van der Waals surface area contributed by atoms with Gasteiger partial charge < -0.3 is 5.73 Å². The van der Waals surface area contributed by atoms with Crippen LogP contribution in [-0.4, -0.2) is 13.4 Å². The van der Waals surface area contributed by atoms with Crippen LogP contribution in [-0.2, 0) is 10.0 Å². The predicted octanol–water partition coefficient (Wildman–Crippen LogP) is 2.62. The Bertz CT molecular complexity index is 893. The van der Waals surface area contributed by atoms with Crippen molar-refractivity contribution in [2.24, 2.45) is 0 Å². The average Bonchev–Trinajstić information content (AvgIpc) is 2.48. The van der Waals surface area contributed by atoms with Crippen molar-refractivity contribution in [3.63, 3.8) is 0 Å². The number of hydrogen-bond donors (Lipinski definition) is 2. The highest BCUT2D eigenvalue weighted by Crippen LogP contribution is 2.28. The van der Waals surface area contributed by atoms with Crippen LogP contribution in [0.5, 0.6) is 0 Å². The van der Waals surface area contributed by atoms with Gasteiger partial charge in [-0.1, -0.05) is 24.3 Å². The number of rotatable bonds is 3. The highest BCUT2D eigenvalue weighted by atomic mass is 32.2. The molecule has 1 aromatic heterocycles. The summed E-state index contributed by atoms with van der Waals surface area (Å²) in [6.07, 6.45) is 3.05. The number of nitrogens with zero attached hydrogens (tertiary/aromatic N) is 1. The number of fused-ring (bicyclic) bond motifs is 1. The fourth-order valence-electron chi connectivity index (χ4n) is 2.16. The molecule has 0 unspecified atom stereocenters. The largest absolute Gasteiger partial charge is 0.398 e. The molecule has 0 radical (unpaired) electrons. The Kier molecular flexibility index (Phi) is 3.23. The molecule has 5 nitrogen and oxygen atoms in total. The Balaban J connectivity index is 2.14. The van der Waals surface area contributed by atoms with E-state index in [-0.39, 0.29) is 4.90 Å². The van der Waals surface area contributed by atoms with Gasteiger partial charge in [0.2, 0.25) is 0 Å². The summed E-state index contributed by atoms with van der Waals surface area (Å²) in [5, 5.41) is 1.31. The third-order valence-corrected chi connectivity index (χ3v) is 4.58. The summed E-state index contributed by atoms with van der Waals surface area (Å²) in [6, 6.07) is 13.5. The quantitative estimate of drug-likeness (QED) is 0.728. The molecule has 0 amide bonds. The Morgan fingerprint density at radius 1 is 0.905 bits per heavy atom. The molecule has 2 aromatic carbocycles. The Labute approximate surface area is 122 Å². The minimum atomic E-state index is -3.69. The van der Waals surface area contributed by atoms with Crippen LogP contribution in [0.2, 0.25) is 0 Å². The standard InChI is InChI=1S/C15H13N3O2S/c16-14-5-6-15(13-4-2-1-3-12(13)14)21(19,20)18-11-7-9-17-10-8-11/h1-10H,16H2,(H,17,18). The van der Waals surface area contributed by atoms with E-state index in [1.54, 1.807) is 36.4 Å². The lowest BCUT2D eigenvalue weighted by molar-refractivity contribution is 0.602. The van der Waals surface area contributed by atoms with E-state index >= 15 is 0 Å². The number of sulfonamides is 1. The van der Waals surface area contributed by atoms with Gasteiger partial charge in [-0.2, -0.15) is 0 Å². The predicted molar refractivity (Wildman–Crippen MR) is 83.4 cm³/mol. The first-order valence-electron chi connectivity index (χ1n) is 6.28. The van der Waals surface area contributed by atoms with Crippen LogP contribution >= 0.6 is 0 Å². The van der Waals surface area contributed by atoms with E-state index in [1.807, 2.05) is 6.07 Å². The van der Waals surface area contributed by atoms with Crippen LogP contribution in [0.25, 0.3) is 10.8 Å². The molecule has 0 saturated heterocycles. The number of nitrogens with two attached hydrogens (primary N) is 1. The van der Waals surface area contributed by atoms with Gasteiger partial charge in [0.15, 0.2) is 0 Å². The smallest absolute Gasteiger partial charge is 0.262 e. The first-order chi connectivity index (χ1) is 10.1. The summed E-state index contributed by atoms with van der Waals surface area (Å²) in [7, 11) is -3.69. The second-order valence-electron chi connectivity index (χ2n) is 4.54. The molecule has 0 bridgehead atoms. The maximum atomic E-state index is 12.6. The maximum absolute atomic E-state index is 12.6. The number of benzene rings is 2.